The number of nitrogens with zero attached hydrogens (tertiary/aromatic N) is 4. The van der Waals surface area contributed by atoms with Gasteiger partial charge in [0, 0.05) is 25.1 Å². The van der Waals surface area contributed by atoms with Gasteiger partial charge < -0.3 is 9.30 Å². The number of ether oxygens (including phenoxy) is 1. The van der Waals surface area contributed by atoms with Gasteiger partial charge in [0.2, 0.25) is 0 Å². The van der Waals surface area contributed by atoms with Crippen LogP contribution in [0.1, 0.15) is 24.0 Å². The van der Waals surface area contributed by atoms with Crippen molar-refractivity contribution in [2.24, 2.45) is 0 Å². The van der Waals surface area contributed by atoms with Crippen molar-refractivity contribution in [3.8, 4) is 5.69 Å². The van der Waals surface area contributed by atoms with Crippen molar-refractivity contribution in [2.75, 3.05) is 7.11 Å². The summed E-state index contributed by atoms with van der Waals surface area (Å²) in [4.78, 5) is 4.74. The number of aryl methyl sites for hydroxylation is 1. The molecule has 0 bridgehead atoms. The van der Waals surface area contributed by atoms with Crippen LogP contribution in [0.4, 0.5) is 8.78 Å². The number of hydrogen-bond donors (Lipinski definition) is 0. The Morgan fingerprint density at radius 1 is 1.03 bits per heavy atom. The first-order chi connectivity index (χ1) is 14.8. The molecule has 0 aliphatic carbocycles. The molecule has 4 rings (SSSR count). The van der Waals surface area contributed by atoms with Gasteiger partial charge in [-0.1, -0.05) is 47.8 Å². The lowest BCUT2D eigenvalue weighted by Gasteiger charge is -2.09. The quantitative estimate of drug-likeness (QED) is 0.326. The molecule has 0 radical (unpaired) electrons. The first-order valence-corrected chi connectivity index (χ1v) is 10.5. The van der Waals surface area contributed by atoms with Crippen molar-refractivity contribution in [1.29, 1.82) is 0 Å². The third-order valence-corrected chi connectivity index (χ3v) is 5.63. The molecule has 2 aromatic heterocycles. The van der Waals surface area contributed by atoms with Crippen LogP contribution < -0.4 is 0 Å². The largest absolute Gasteiger partial charge is 0.378 e. The van der Waals surface area contributed by atoms with E-state index in [4.69, 9.17) is 44.5 Å². The highest BCUT2D eigenvalue weighted by Gasteiger charge is 2.24. The van der Waals surface area contributed by atoms with Gasteiger partial charge in [0.1, 0.15) is 22.7 Å². The average Bonchev–Trinajstić information content (AvgIpc) is 3.23. The summed E-state index contributed by atoms with van der Waals surface area (Å²) in [6.07, 6.45) is 0.604. The maximum absolute atomic E-state index is 13.8. The molecule has 10 heteroatoms. The van der Waals surface area contributed by atoms with Gasteiger partial charge in [-0.25, -0.2) is 18.4 Å². The molecule has 5 nitrogen and oxygen atoms in total. The molecule has 2 aromatic carbocycles. The Morgan fingerprint density at radius 3 is 2.35 bits per heavy atom. The Labute approximate surface area is 192 Å². The van der Waals surface area contributed by atoms with E-state index >= 15 is 0 Å². The van der Waals surface area contributed by atoms with Gasteiger partial charge in [0.15, 0.2) is 17.3 Å². The number of fused-ring (bicyclic) bond motifs is 1. The normalized spacial score (nSPS) is 11.6. The summed E-state index contributed by atoms with van der Waals surface area (Å²) in [5.74, 6) is -1.06. The Hall–Kier alpha value is -2.19. The highest BCUT2D eigenvalue weighted by molar-refractivity contribution is 6.40. The molecular formula is C21H17Cl3F2N4O. The molecule has 0 spiro atoms. The maximum Gasteiger partial charge on any atom is 0.181 e. The highest BCUT2D eigenvalue weighted by Crippen LogP contribution is 2.35. The van der Waals surface area contributed by atoms with Gasteiger partial charge in [0.25, 0.3) is 0 Å². The van der Waals surface area contributed by atoms with Crippen LogP contribution in [-0.4, -0.2) is 26.4 Å². The van der Waals surface area contributed by atoms with Crippen molar-refractivity contribution < 1.29 is 13.5 Å². The zero-order chi connectivity index (χ0) is 22.3. The van der Waals surface area contributed by atoms with Crippen LogP contribution in [0.2, 0.25) is 15.1 Å². The second-order valence-corrected chi connectivity index (χ2v) is 8.15. The zero-order valence-electron chi connectivity index (χ0n) is 16.6. The van der Waals surface area contributed by atoms with Gasteiger partial charge >= 0.3 is 0 Å². The minimum Gasteiger partial charge on any atom is -0.378 e. The van der Waals surface area contributed by atoms with E-state index in [0.29, 0.717) is 49.6 Å². The maximum atomic E-state index is 13.8. The van der Waals surface area contributed by atoms with E-state index in [-0.39, 0.29) is 13.2 Å². The number of hydrogen-bond acceptors (Lipinski definition) is 3. The molecule has 0 aliphatic heterocycles. The standard InChI is InChI=1S/C21H17Cl3F2N4O/c1-3-18-27-21-20(29(18)9-11-4-5-15(25)16(26)6-11)17(10-31-2)28-30(21)19-13(23)7-12(22)8-14(19)24/h4-8H,3,9-10H2,1-2H3. The molecule has 0 amide bonds. The number of halogens is 5. The van der Waals surface area contributed by atoms with Crippen LogP contribution in [0, 0.1) is 11.6 Å². The van der Waals surface area contributed by atoms with Crippen LogP contribution in [0.5, 0.6) is 0 Å². The second-order valence-electron chi connectivity index (χ2n) is 6.90. The van der Waals surface area contributed by atoms with E-state index in [1.807, 2.05) is 11.5 Å². The minimum absolute atomic E-state index is 0.207. The number of aromatic nitrogens is 4. The molecule has 0 N–H and O–H groups in total. The molecule has 4 aromatic rings. The topological polar surface area (TPSA) is 44.9 Å². The summed E-state index contributed by atoms with van der Waals surface area (Å²) in [6, 6.07) is 6.97. The smallest absolute Gasteiger partial charge is 0.181 e. The van der Waals surface area contributed by atoms with E-state index in [0.717, 1.165) is 11.9 Å². The SMILES string of the molecule is CCc1nc2c(c(COC)nn2-c2c(Cl)cc(Cl)cc2Cl)n1Cc1ccc(F)c(F)c1. The van der Waals surface area contributed by atoms with E-state index < -0.39 is 11.6 Å². The Kier molecular flexibility index (Phi) is 6.21. The van der Waals surface area contributed by atoms with Gasteiger partial charge in [0.05, 0.1) is 16.7 Å². The van der Waals surface area contributed by atoms with Crippen molar-refractivity contribution in [3.05, 3.63) is 74.1 Å². The van der Waals surface area contributed by atoms with Gasteiger partial charge in [-0.15, -0.1) is 0 Å². The van der Waals surface area contributed by atoms with Crippen LogP contribution in [0.3, 0.4) is 0 Å². The zero-order valence-corrected chi connectivity index (χ0v) is 18.9. The molecule has 0 fully saturated rings. The lowest BCUT2D eigenvalue weighted by molar-refractivity contribution is 0.182. The van der Waals surface area contributed by atoms with E-state index in [1.54, 1.807) is 23.9 Å². The Bertz CT molecular complexity index is 1260. The van der Waals surface area contributed by atoms with Crippen molar-refractivity contribution in [1.82, 2.24) is 19.3 Å². The van der Waals surface area contributed by atoms with Gasteiger partial charge in [-0.3, -0.25) is 0 Å². The fourth-order valence-electron chi connectivity index (χ4n) is 3.52. The number of rotatable bonds is 6. The molecule has 2 heterocycles. The van der Waals surface area contributed by atoms with Gasteiger partial charge in [-0.05, 0) is 29.8 Å². The average molecular weight is 486 g/mol. The predicted molar refractivity (Wildman–Crippen MR) is 117 cm³/mol. The summed E-state index contributed by atoms with van der Waals surface area (Å²) in [6.45, 7) is 2.44. The molecule has 0 aliphatic rings. The van der Waals surface area contributed by atoms with Crippen LogP contribution in [0.25, 0.3) is 16.9 Å². The fourth-order valence-corrected chi connectivity index (χ4v) is 4.50. The molecule has 0 atom stereocenters. The summed E-state index contributed by atoms with van der Waals surface area (Å²) in [7, 11) is 1.56. The molecule has 162 valence electrons. The molecule has 0 unspecified atom stereocenters. The first-order valence-electron chi connectivity index (χ1n) is 9.38. The van der Waals surface area contributed by atoms with E-state index in [9.17, 15) is 8.78 Å². The number of benzene rings is 2. The fraction of sp³-hybridized carbons (Fsp3) is 0.238. The van der Waals surface area contributed by atoms with E-state index in [2.05, 4.69) is 5.10 Å². The van der Waals surface area contributed by atoms with Crippen molar-refractivity contribution >= 4 is 46.0 Å². The lowest BCUT2D eigenvalue weighted by atomic mass is 10.2. The van der Waals surface area contributed by atoms with Crippen LogP contribution >= 0.6 is 34.8 Å². The molecular weight excluding hydrogens is 469 g/mol. The van der Waals surface area contributed by atoms with Crippen molar-refractivity contribution in [2.45, 2.75) is 26.5 Å². The number of imidazole rings is 1. The summed E-state index contributed by atoms with van der Waals surface area (Å²) < 4.78 is 36.0. The monoisotopic (exact) mass is 484 g/mol. The van der Waals surface area contributed by atoms with Gasteiger partial charge in [-0.2, -0.15) is 5.10 Å². The highest BCUT2D eigenvalue weighted by atomic mass is 35.5. The minimum atomic E-state index is -0.903. The summed E-state index contributed by atoms with van der Waals surface area (Å²) in [5.41, 5.74) is 2.87. The van der Waals surface area contributed by atoms with Crippen LogP contribution in [-0.2, 0) is 24.3 Å². The predicted octanol–water partition coefficient (Wildman–Crippen LogP) is 6.22. The third-order valence-electron chi connectivity index (χ3n) is 4.84. The first kappa shape index (κ1) is 22.0. The third kappa shape index (κ3) is 4.03. The molecule has 0 saturated heterocycles. The van der Waals surface area contributed by atoms with Crippen molar-refractivity contribution in [3.63, 3.8) is 0 Å². The number of methoxy groups -OCH3 is 1. The summed E-state index contributed by atoms with van der Waals surface area (Å²) in [5, 5.41) is 5.67. The molecule has 0 saturated carbocycles. The molecule has 31 heavy (non-hydrogen) atoms. The summed E-state index contributed by atoms with van der Waals surface area (Å²) >= 11 is 18.9. The Morgan fingerprint density at radius 2 is 1.74 bits per heavy atom. The second kappa shape index (κ2) is 8.74. The Balaban J connectivity index is 1.95. The lowest BCUT2D eigenvalue weighted by Crippen LogP contribution is -2.07. The van der Waals surface area contributed by atoms with E-state index in [1.165, 1.54) is 12.1 Å². The van der Waals surface area contributed by atoms with Crippen LogP contribution in [0.15, 0.2) is 30.3 Å².